The number of ether oxygens (including phenoxy) is 1. The summed E-state index contributed by atoms with van der Waals surface area (Å²) in [5.74, 6) is 0.825. The summed E-state index contributed by atoms with van der Waals surface area (Å²) in [6, 6.07) is 24.5. The summed E-state index contributed by atoms with van der Waals surface area (Å²) in [6.45, 7) is 0.750. The lowest BCUT2D eigenvalue weighted by molar-refractivity contribution is 0.415. The van der Waals surface area contributed by atoms with Gasteiger partial charge in [0.2, 0.25) is 0 Å². The van der Waals surface area contributed by atoms with Gasteiger partial charge < -0.3 is 9.30 Å². The summed E-state index contributed by atoms with van der Waals surface area (Å²) in [6.07, 6.45) is 0. The molecular formula is C22H17N3O. The summed E-state index contributed by atoms with van der Waals surface area (Å²) in [7, 11) is 1.69. The summed E-state index contributed by atoms with van der Waals surface area (Å²) in [5.41, 5.74) is 5.96. The molecule has 4 nitrogen and oxygen atoms in total. The van der Waals surface area contributed by atoms with Crippen LogP contribution in [0, 0.1) is 0 Å². The van der Waals surface area contributed by atoms with Crippen molar-refractivity contribution in [3.8, 4) is 5.75 Å². The Bertz CT molecular complexity index is 1240. The molecule has 0 N–H and O–H groups in total. The van der Waals surface area contributed by atoms with Crippen molar-refractivity contribution in [2.75, 3.05) is 7.11 Å². The minimum absolute atomic E-state index is 0.750. The molecular weight excluding hydrogens is 322 g/mol. The highest BCUT2D eigenvalue weighted by Gasteiger charge is 2.15. The fourth-order valence-corrected chi connectivity index (χ4v) is 3.47. The molecule has 0 amide bonds. The molecule has 26 heavy (non-hydrogen) atoms. The Hall–Kier alpha value is -3.40. The van der Waals surface area contributed by atoms with Gasteiger partial charge in [-0.2, -0.15) is 0 Å². The number of aromatic nitrogens is 3. The zero-order valence-electron chi connectivity index (χ0n) is 14.4. The molecule has 0 unspecified atom stereocenters. The van der Waals surface area contributed by atoms with Crippen molar-refractivity contribution in [3.63, 3.8) is 0 Å². The van der Waals surface area contributed by atoms with Crippen molar-refractivity contribution in [1.29, 1.82) is 0 Å². The molecule has 3 aromatic carbocycles. The van der Waals surface area contributed by atoms with Crippen molar-refractivity contribution in [2.45, 2.75) is 6.54 Å². The Morgan fingerprint density at radius 2 is 1.58 bits per heavy atom. The fourth-order valence-electron chi connectivity index (χ4n) is 3.47. The average molecular weight is 339 g/mol. The van der Waals surface area contributed by atoms with Crippen LogP contribution in [0.25, 0.3) is 33.1 Å². The van der Waals surface area contributed by atoms with Gasteiger partial charge in [-0.3, -0.25) is 0 Å². The zero-order chi connectivity index (χ0) is 17.5. The summed E-state index contributed by atoms with van der Waals surface area (Å²) in [5, 5.41) is 1.06. The van der Waals surface area contributed by atoms with Crippen LogP contribution in [0.5, 0.6) is 5.75 Å². The highest BCUT2D eigenvalue weighted by atomic mass is 16.5. The SMILES string of the molecule is COc1ccc2c(c1)c1nc3ccccc3nc1n2Cc1ccccc1. The second kappa shape index (κ2) is 5.85. The first-order chi connectivity index (χ1) is 12.8. The van der Waals surface area contributed by atoms with Crippen LogP contribution in [-0.2, 0) is 6.54 Å². The van der Waals surface area contributed by atoms with E-state index in [1.807, 2.05) is 42.5 Å². The van der Waals surface area contributed by atoms with E-state index < -0.39 is 0 Å². The third kappa shape index (κ3) is 2.30. The number of nitrogens with zero attached hydrogens (tertiary/aromatic N) is 3. The van der Waals surface area contributed by atoms with Gasteiger partial charge in [0.15, 0.2) is 5.65 Å². The van der Waals surface area contributed by atoms with Crippen LogP contribution in [-0.4, -0.2) is 21.6 Å². The molecule has 2 heterocycles. The standard InChI is InChI=1S/C22H17N3O/c1-26-16-11-12-20-17(13-16)21-22(24-19-10-6-5-9-18(19)23-21)25(20)14-15-7-3-2-4-8-15/h2-13H,14H2,1H3. The van der Waals surface area contributed by atoms with Crippen molar-refractivity contribution in [2.24, 2.45) is 0 Å². The molecule has 0 atom stereocenters. The van der Waals surface area contributed by atoms with Gasteiger partial charge in [0.25, 0.3) is 0 Å². The lowest BCUT2D eigenvalue weighted by Crippen LogP contribution is -2.01. The van der Waals surface area contributed by atoms with Gasteiger partial charge in [0, 0.05) is 11.9 Å². The second-order valence-electron chi connectivity index (χ2n) is 6.34. The van der Waals surface area contributed by atoms with Crippen molar-refractivity contribution in [1.82, 2.24) is 14.5 Å². The molecule has 0 aliphatic carbocycles. The third-order valence-corrected chi connectivity index (χ3v) is 4.74. The predicted molar refractivity (Wildman–Crippen MR) is 105 cm³/mol. The van der Waals surface area contributed by atoms with Gasteiger partial charge >= 0.3 is 0 Å². The first kappa shape index (κ1) is 14.9. The summed E-state index contributed by atoms with van der Waals surface area (Å²) < 4.78 is 7.66. The van der Waals surface area contributed by atoms with E-state index in [-0.39, 0.29) is 0 Å². The van der Waals surface area contributed by atoms with Gasteiger partial charge in [-0.25, -0.2) is 9.97 Å². The Morgan fingerprint density at radius 1 is 0.846 bits per heavy atom. The number of methoxy groups -OCH3 is 1. The van der Waals surface area contributed by atoms with Crippen LogP contribution in [0.2, 0.25) is 0 Å². The smallest absolute Gasteiger partial charge is 0.160 e. The quantitative estimate of drug-likeness (QED) is 0.474. The molecule has 0 saturated heterocycles. The molecule has 0 aliphatic heterocycles. The summed E-state index contributed by atoms with van der Waals surface area (Å²) in [4.78, 5) is 9.83. The van der Waals surface area contributed by atoms with E-state index in [4.69, 9.17) is 14.7 Å². The number of hydrogen-bond acceptors (Lipinski definition) is 3. The lowest BCUT2D eigenvalue weighted by Gasteiger charge is -2.07. The van der Waals surface area contributed by atoms with E-state index in [1.165, 1.54) is 5.56 Å². The first-order valence-electron chi connectivity index (χ1n) is 8.60. The molecule has 5 aromatic rings. The van der Waals surface area contributed by atoms with E-state index in [1.54, 1.807) is 7.11 Å². The highest BCUT2D eigenvalue weighted by Crippen LogP contribution is 2.31. The molecule has 2 aromatic heterocycles. The minimum Gasteiger partial charge on any atom is -0.497 e. The molecule has 126 valence electrons. The van der Waals surface area contributed by atoms with Crippen molar-refractivity contribution >= 4 is 33.1 Å². The van der Waals surface area contributed by atoms with Gasteiger partial charge in [0.05, 0.1) is 23.7 Å². The normalized spacial score (nSPS) is 11.4. The van der Waals surface area contributed by atoms with Crippen LogP contribution < -0.4 is 4.74 Å². The lowest BCUT2D eigenvalue weighted by atomic mass is 10.2. The van der Waals surface area contributed by atoms with Crippen LogP contribution in [0.15, 0.2) is 72.8 Å². The Morgan fingerprint density at radius 3 is 2.35 bits per heavy atom. The molecule has 0 aliphatic rings. The van der Waals surface area contributed by atoms with Gasteiger partial charge in [-0.05, 0) is 35.9 Å². The minimum atomic E-state index is 0.750. The van der Waals surface area contributed by atoms with E-state index in [2.05, 4.69) is 34.9 Å². The fraction of sp³-hybridized carbons (Fsp3) is 0.0909. The van der Waals surface area contributed by atoms with Crippen LogP contribution >= 0.6 is 0 Å². The van der Waals surface area contributed by atoms with E-state index in [9.17, 15) is 0 Å². The molecule has 0 bridgehead atoms. The number of benzene rings is 3. The van der Waals surface area contributed by atoms with Gasteiger partial charge in [0.1, 0.15) is 11.3 Å². The van der Waals surface area contributed by atoms with Gasteiger partial charge in [-0.15, -0.1) is 0 Å². The Labute approximate surface area is 150 Å². The molecule has 0 radical (unpaired) electrons. The molecule has 0 saturated carbocycles. The molecule has 5 rings (SSSR count). The van der Waals surface area contributed by atoms with Crippen molar-refractivity contribution in [3.05, 3.63) is 78.4 Å². The van der Waals surface area contributed by atoms with E-state index in [0.717, 1.165) is 45.4 Å². The Kier molecular flexibility index (Phi) is 3.35. The maximum atomic E-state index is 5.43. The number of fused-ring (bicyclic) bond motifs is 4. The first-order valence-corrected chi connectivity index (χ1v) is 8.60. The second-order valence-corrected chi connectivity index (χ2v) is 6.34. The van der Waals surface area contributed by atoms with Gasteiger partial charge in [-0.1, -0.05) is 42.5 Å². The third-order valence-electron chi connectivity index (χ3n) is 4.74. The largest absolute Gasteiger partial charge is 0.497 e. The number of para-hydroxylation sites is 2. The molecule has 0 spiro atoms. The maximum Gasteiger partial charge on any atom is 0.160 e. The number of rotatable bonds is 3. The highest BCUT2D eigenvalue weighted by molar-refractivity contribution is 6.07. The topological polar surface area (TPSA) is 39.9 Å². The average Bonchev–Trinajstić information content (AvgIpc) is 2.99. The molecule has 0 fully saturated rings. The monoisotopic (exact) mass is 339 g/mol. The molecule has 4 heteroatoms. The zero-order valence-corrected chi connectivity index (χ0v) is 14.4. The van der Waals surface area contributed by atoms with Crippen LogP contribution in [0.3, 0.4) is 0 Å². The van der Waals surface area contributed by atoms with E-state index in [0.29, 0.717) is 0 Å². The Balaban J connectivity index is 1.86. The summed E-state index contributed by atoms with van der Waals surface area (Å²) >= 11 is 0. The van der Waals surface area contributed by atoms with Crippen LogP contribution in [0.1, 0.15) is 5.56 Å². The van der Waals surface area contributed by atoms with E-state index >= 15 is 0 Å². The number of hydrogen-bond donors (Lipinski definition) is 0. The predicted octanol–water partition coefficient (Wildman–Crippen LogP) is 4.79. The van der Waals surface area contributed by atoms with Crippen molar-refractivity contribution < 1.29 is 4.74 Å². The maximum absolute atomic E-state index is 5.43. The van der Waals surface area contributed by atoms with Crippen LogP contribution in [0.4, 0.5) is 0 Å².